The van der Waals surface area contributed by atoms with Gasteiger partial charge in [-0.3, -0.25) is 0 Å². The lowest BCUT2D eigenvalue weighted by molar-refractivity contribution is 1.00. The van der Waals surface area contributed by atoms with Crippen LogP contribution in [0.25, 0.3) is 0 Å². The monoisotopic (exact) mass is 231 g/mol. The van der Waals surface area contributed by atoms with E-state index < -0.39 is 0 Å². The zero-order chi connectivity index (χ0) is 7.84. The molecule has 1 heterocycles. The maximum absolute atomic E-state index is 5.95. The summed E-state index contributed by atoms with van der Waals surface area (Å²) >= 11 is 9.41. The van der Waals surface area contributed by atoms with E-state index in [0.29, 0.717) is 0 Å². The van der Waals surface area contributed by atoms with Gasteiger partial charge in [0.1, 0.15) is 5.16 Å². The summed E-state index contributed by atoms with van der Waals surface area (Å²) in [6.45, 7) is 0. The van der Waals surface area contributed by atoms with Crippen LogP contribution >= 0.6 is 27.5 Å². The van der Waals surface area contributed by atoms with E-state index in [1.807, 2.05) is 6.20 Å². The lowest BCUT2D eigenvalue weighted by Gasteiger charge is -2.14. The van der Waals surface area contributed by atoms with Gasteiger partial charge in [-0.2, -0.15) is 0 Å². The second-order valence-corrected chi connectivity index (χ2v) is 3.82. The molecule has 1 N–H and O–H groups in total. The largest absolute Gasteiger partial charge is 0.351 e. The number of hydrogen-bond donors (Lipinski definition) is 1. The number of hydrogen-bond acceptors (Lipinski definition) is 1. The first-order chi connectivity index (χ1) is 5.29. The van der Waals surface area contributed by atoms with Crippen LogP contribution in [-0.2, 0) is 0 Å². The van der Waals surface area contributed by atoms with Crippen LogP contribution in [0.4, 0.5) is 0 Å². The van der Waals surface area contributed by atoms with Crippen LogP contribution in [0, 0.1) is 0 Å². The number of halogens is 2. The van der Waals surface area contributed by atoms with Crippen molar-refractivity contribution in [1.82, 2.24) is 5.32 Å². The first-order valence-corrected chi connectivity index (χ1v) is 4.68. The molecule has 0 saturated heterocycles. The summed E-state index contributed by atoms with van der Waals surface area (Å²) in [7, 11) is 0. The fourth-order valence-corrected chi connectivity index (χ4v) is 2.15. The van der Waals surface area contributed by atoms with Gasteiger partial charge in [-0.1, -0.05) is 17.7 Å². The van der Waals surface area contributed by atoms with E-state index in [1.165, 1.54) is 11.1 Å². The first-order valence-electron chi connectivity index (χ1n) is 3.51. The van der Waals surface area contributed by atoms with Gasteiger partial charge in [0.2, 0.25) is 0 Å². The maximum atomic E-state index is 5.95. The highest BCUT2D eigenvalue weighted by Gasteiger charge is 2.20. The molecule has 1 aliphatic carbocycles. The standard InChI is InChI=1S/C8H7BrClN/c9-7-4-11-8(10)6-3-1-2-5(6)7/h2,4,11H,1,3H2. The quantitative estimate of drug-likeness (QED) is 0.633. The highest BCUT2D eigenvalue weighted by atomic mass is 79.9. The number of allylic oxidation sites excluding steroid dienone is 4. The maximum Gasteiger partial charge on any atom is 0.110 e. The molecule has 0 aromatic rings. The number of rotatable bonds is 0. The Balaban J connectivity index is 2.46. The van der Waals surface area contributed by atoms with Gasteiger partial charge in [-0.15, -0.1) is 0 Å². The second kappa shape index (κ2) is 2.68. The van der Waals surface area contributed by atoms with Crippen molar-refractivity contribution in [2.45, 2.75) is 12.8 Å². The normalized spacial score (nSPS) is 22.4. The Bertz CT molecular complexity index is 288. The van der Waals surface area contributed by atoms with E-state index in [9.17, 15) is 0 Å². The Morgan fingerprint density at radius 1 is 1.55 bits per heavy atom. The Hall–Kier alpha value is -0.210. The van der Waals surface area contributed by atoms with Crippen LogP contribution in [0.5, 0.6) is 0 Å². The molecule has 0 bridgehead atoms. The SMILES string of the molecule is ClC1=C2CCC=C2C(Br)=CN1. The van der Waals surface area contributed by atoms with Gasteiger partial charge in [-0.25, -0.2) is 0 Å². The first kappa shape index (κ1) is 7.44. The summed E-state index contributed by atoms with van der Waals surface area (Å²) in [6.07, 6.45) is 6.25. The summed E-state index contributed by atoms with van der Waals surface area (Å²) in [5, 5.41) is 3.77. The van der Waals surface area contributed by atoms with Gasteiger partial charge in [0, 0.05) is 10.7 Å². The minimum Gasteiger partial charge on any atom is -0.351 e. The van der Waals surface area contributed by atoms with E-state index in [-0.39, 0.29) is 0 Å². The topological polar surface area (TPSA) is 12.0 Å². The van der Waals surface area contributed by atoms with Gasteiger partial charge in [0.05, 0.1) is 0 Å². The molecule has 0 fully saturated rings. The molecular formula is C8H7BrClN. The molecule has 1 nitrogen and oxygen atoms in total. The molecule has 0 spiro atoms. The van der Waals surface area contributed by atoms with Crippen molar-refractivity contribution in [3.63, 3.8) is 0 Å². The van der Waals surface area contributed by atoms with Crippen molar-refractivity contribution in [3.05, 3.63) is 33.1 Å². The van der Waals surface area contributed by atoms with Gasteiger partial charge in [0.15, 0.2) is 0 Å². The van der Waals surface area contributed by atoms with Crippen molar-refractivity contribution >= 4 is 27.5 Å². The fourth-order valence-electron chi connectivity index (χ4n) is 1.38. The van der Waals surface area contributed by atoms with Crippen LogP contribution in [0.1, 0.15) is 12.8 Å². The molecule has 0 amide bonds. The van der Waals surface area contributed by atoms with Crippen LogP contribution in [0.2, 0.25) is 0 Å². The molecule has 0 unspecified atom stereocenters. The average Bonchev–Trinajstić information content (AvgIpc) is 2.45. The number of dihydropyridines is 1. The fraction of sp³-hybridized carbons (Fsp3) is 0.250. The minimum atomic E-state index is 0.775. The van der Waals surface area contributed by atoms with E-state index in [1.54, 1.807) is 0 Å². The molecule has 0 atom stereocenters. The third-order valence-electron chi connectivity index (χ3n) is 1.92. The molecule has 0 aromatic carbocycles. The number of nitrogens with one attached hydrogen (secondary N) is 1. The molecule has 1 aliphatic heterocycles. The van der Waals surface area contributed by atoms with Crippen molar-refractivity contribution < 1.29 is 0 Å². The molecule has 3 heteroatoms. The molecule has 0 radical (unpaired) electrons. The molecule has 58 valence electrons. The summed E-state index contributed by atoms with van der Waals surface area (Å²) < 4.78 is 1.11. The van der Waals surface area contributed by atoms with Crippen LogP contribution < -0.4 is 5.32 Å². The predicted molar refractivity (Wildman–Crippen MR) is 50.3 cm³/mol. The zero-order valence-electron chi connectivity index (χ0n) is 5.82. The third-order valence-corrected chi connectivity index (χ3v) is 2.91. The Kier molecular flexibility index (Phi) is 1.81. The Morgan fingerprint density at radius 2 is 2.36 bits per heavy atom. The smallest absolute Gasteiger partial charge is 0.110 e. The minimum absolute atomic E-state index is 0.775. The number of fused-ring (bicyclic) bond motifs is 1. The van der Waals surface area contributed by atoms with E-state index >= 15 is 0 Å². The molecule has 0 aromatic heterocycles. The van der Waals surface area contributed by atoms with E-state index in [4.69, 9.17) is 11.6 Å². The molecule has 11 heavy (non-hydrogen) atoms. The van der Waals surface area contributed by atoms with Crippen molar-refractivity contribution in [2.75, 3.05) is 0 Å². The van der Waals surface area contributed by atoms with Crippen molar-refractivity contribution in [2.24, 2.45) is 0 Å². The van der Waals surface area contributed by atoms with Crippen LogP contribution in [0.15, 0.2) is 33.1 Å². The third kappa shape index (κ3) is 1.14. The lowest BCUT2D eigenvalue weighted by Crippen LogP contribution is -2.09. The Labute approximate surface area is 78.9 Å². The second-order valence-electron chi connectivity index (χ2n) is 2.59. The van der Waals surface area contributed by atoms with Gasteiger partial charge < -0.3 is 5.32 Å². The van der Waals surface area contributed by atoms with Crippen molar-refractivity contribution in [1.29, 1.82) is 0 Å². The van der Waals surface area contributed by atoms with E-state index in [0.717, 1.165) is 22.5 Å². The highest BCUT2D eigenvalue weighted by molar-refractivity contribution is 9.12. The van der Waals surface area contributed by atoms with E-state index in [2.05, 4.69) is 27.3 Å². The zero-order valence-corrected chi connectivity index (χ0v) is 8.17. The predicted octanol–water partition coefficient (Wildman–Crippen LogP) is 3.00. The van der Waals surface area contributed by atoms with Crippen molar-refractivity contribution in [3.8, 4) is 0 Å². The summed E-state index contributed by atoms with van der Waals surface area (Å²) in [4.78, 5) is 0. The molecule has 0 saturated carbocycles. The van der Waals surface area contributed by atoms with Crippen LogP contribution in [0.3, 0.4) is 0 Å². The average molecular weight is 233 g/mol. The van der Waals surface area contributed by atoms with Gasteiger partial charge in [-0.05, 0) is 39.9 Å². The van der Waals surface area contributed by atoms with Gasteiger partial charge >= 0.3 is 0 Å². The highest BCUT2D eigenvalue weighted by Crippen LogP contribution is 2.37. The molecular weight excluding hydrogens is 225 g/mol. The summed E-state index contributed by atoms with van der Waals surface area (Å²) in [5.74, 6) is 0. The van der Waals surface area contributed by atoms with Gasteiger partial charge in [0.25, 0.3) is 0 Å². The molecule has 2 rings (SSSR count). The lowest BCUT2D eigenvalue weighted by atomic mass is 10.1. The summed E-state index contributed by atoms with van der Waals surface area (Å²) in [6, 6.07) is 0. The van der Waals surface area contributed by atoms with Crippen LogP contribution in [-0.4, -0.2) is 0 Å². The Morgan fingerprint density at radius 3 is 3.09 bits per heavy atom. The molecule has 2 aliphatic rings. The summed E-state index contributed by atoms with van der Waals surface area (Å²) in [5.41, 5.74) is 2.50.